The number of halogens is 1. The van der Waals surface area contributed by atoms with Crippen LogP contribution in [0.4, 0.5) is 4.39 Å². The zero-order chi connectivity index (χ0) is 14.7. The lowest BCUT2D eigenvalue weighted by Crippen LogP contribution is -2.20. The summed E-state index contributed by atoms with van der Waals surface area (Å²) in [5.74, 6) is 1.36. The Morgan fingerprint density at radius 2 is 1.86 bits per heavy atom. The molecule has 1 aliphatic rings. The average molecular weight is 287 g/mol. The molecule has 110 valence electrons. The number of likely N-dealkylation sites (N-methyl/N-ethyl adjacent to an activating group) is 1. The molecule has 0 fully saturated rings. The monoisotopic (exact) mass is 287 g/mol. The fourth-order valence-corrected chi connectivity index (χ4v) is 2.55. The van der Waals surface area contributed by atoms with Crippen molar-refractivity contribution in [2.45, 2.75) is 12.5 Å². The molecular weight excluding hydrogens is 269 g/mol. The van der Waals surface area contributed by atoms with Gasteiger partial charge in [-0.3, -0.25) is 0 Å². The highest BCUT2D eigenvalue weighted by Gasteiger charge is 2.17. The van der Waals surface area contributed by atoms with Crippen LogP contribution in [-0.4, -0.2) is 20.3 Å². The number of benzene rings is 2. The molecule has 0 radical (unpaired) electrons. The van der Waals surface area contributed by atoms with Crippen molar-refractivity contribution >= 4 is 0 Å². The third-order valence-electron chi connectivity index (χ3n) is 3.70. The zero-order valence-corrected chi connectivity index (χ0v) is 11.9. The maximum Gasteiger partial charge on any atom is 0.161 e. The lowest BCUT2D eigenvalue weighted by atomic mass is 9.98. The Hall–Kier alpha value is -2.07. The second-order valence-electron chi connectivity index (χ2n) is 5.04. The van der Waals surface area contributed by atoms with Gasteiger partial charge in [0.05, 0.1) is 0 Å². The van der Waals surface area contributed by atoms with Gasteiger partial charge in [-0.15, -0.1) is 0 Å². The van der Waals surface area contributed by atoms with Crippen LogP contribution < -0.4 is 14.8 Å². The minimum atomic E-state index is -0.171. The van der Waals surface area contributed by atoms with Crippen molar-refractivity contribution in [1.29, 1.82) is 0 Å². The molecule has 0 amide bonds. The van der Waals surface area contributed by atoms with Gasteiger partial charge in [0.1, 0.15) is 19.0 Å². The Labute approximate surface area is 123 Å². The Morgan fingerprint density at radius 3 is 2.62 bits per heavy atom. The second kappa shape index (κ2) is 6.14. The van der Waals surface area contributed by atoms with Crippen molar-refractivity contribution in [3.8, 4) is 11.5 Å². The summed E-state index contributed by atoms with van der Waals surface area (Å²) in [5.41, 5.74) is 1.76. The molecule has 1 heterocycles. The number of ether oxygens (including phenoxy) is 2. The Morgan fingerprint density at radius 1 is 1.10 bits per heavy atom. The molecule has 3 rings (SSSR count). The van der Waals surface area contributed by atoms with E-state index >= 15 is 0 Å². The van der Waals surface area contributed by atoms with Crippen LogP contribution in [0.2, 0.25) is 0 Å². The SMILES string of the molecule is CNC(Cc1ccccc1F)c1ccc2c(c1)OCCO2. The number of nitrogens with one attached hydrogen (secondary N) is 1. The first kappa shape index (κ1) is 13.9. The maximum atomic E-state index is 13.8. The van der Waals surface area contributed by atoms with E-state index in [1.54, 1.807) is 6.07 Å². The van der Waals surface area contributed by atoms with E-state index in [2.05, 4.69) is 5.32 Å². The van der Waals surface area contributed by atoms with E-state index in [1.165, 1.54) is 6.07 Å². The highest BCUT2D eigenvalue weighted by Crippen LogP contribution is 2.33. The third kappa shape index (κ3) is 3.00. The normalized spacial score (nSPS) is 14.8. The minimum Gasteiger partial charge on any atom is -0.486 e. The van der Waals surface area contributed by atoms with Crippen LogP contribution in [0.15, 0.2) is 42.5 Å². The van der Waals surface area contributed by atoms with Crippen molar-refractivity contribution in [2.75, 3.05) is 20.3 Å². The van der Waals surface area contributed by atoms with Crippen LogP contribution in [0.25, 0.3) is 0 Å². The molecule has 0 saturated carbocycles. The van der Waals surface area contributed by atoms with Crippen LogP contribution in [0.1, 0.15) is 17.2 Å². The maximum absolute atomic E-state index is 13.8. The lowest BCUT2D eigenvalue weighted by Gasteiger charge is -2.22. The van der Waals surface area contributed by atoms with Gasteiger partial charge in [0, 0.05) is 6.04 Å². The van der Waals surface area contributed by atoms with Gasteiger partial charge >= 0.3 is 0 Å². The first-order valence-corrected chi connectivity index (χ1v) is 7.08. The topological polar surface area (TPSA) is 30.5 Å². The van der Waals surface area contributed by atoms with E-state index in [-0.39, 0.29) is 11.9 Å². The number of hydrogen-bond donors (Lipinski definition) is 1. The largest absolute Gasteiger partial charge is 0.486 e. The fraction of sp³-hybridized carbons (Fsp3) is 0.294. The highest BCUT2D eigenvalue weighted by atomic mass is 19.1. The van der Waals surface area contributed by atoms with Crippen molar-refractivity contribution < 1.29 is 13.9 Å². The number of hydrogen-bond acceptors (Lipinski definition) is 3. The molecule has 1 aliphatic heterocycles. The van der Waals surface area contributed by atoms with Gasteiger partial charge in [-0.1, -0.05) is 24.3 Å². The van der Waals surface area contributed by atoms with Gasteiger partial charge in [-0.05, 0) is 42.8 Å². The standard InChI is InChI=1S/C17H18FNO2/c1-19-15(10-12-4-2-3-5-14(12)18)13-6-7-16-17(11-13)21-9-8-20-16/h2-7,11,15,19H,8-10H2,1H3. The van der Waals surface area contributed by atoms with E-state index in [0.717, 1.165) is 17.1 Å². The molecule has 4 heteroatoms. The van der Waals surface area contributed by atoms with Gasteiger partial charge < -0.3 is 14.8 Å². The first-order valence-electron chi connectivity index (χ1n) is 7.08. The van der Waals surface area contributed by atoms with Crippen LogP contribution in [0, 0.1) is 5.82 Å². The zero-order valence-electron chi connectivity index (χ0n) is 11.9. The van der Waals surface area contributed by atoms with Gasteiger partial charge in [0.25, 0.3) is 0 Å². The molecule has 0 aromatic heterocycles. The molecule has 21 heavy (non-hydrogen) atoms. The summed E-state index contributed by atoms with van der Waals surface area (Å²) in [5, 5.41) is 3.24. The molecule has 2 aromatic carbocycles. The van der Waals surface area contributed by atoms with Crippen LogP contribution in [0.3, 0.4) is 0 Å². The number of rotatable bonds is 4. The van der Waals surface area contributed by atoms with Crippen molar-refractivity contribution in [1.82, 2.24) is 5.32 Å². The van der Waals surface area contributed by atoms with Gasteiger partial charge in [0.15, 0.2) is 11.5 Å². The van der Waals surface area contributed by atoms with E-state index in [4.69, 9.17) is 9.47 Å². The van der Waals surface area contributed by atoms with Gasteiger partial charge in [-0.25, -0.2) is 4.39 Å². The second-order valence-corrected chi connectivity index (χ2v) is 5.04. The average Bonchev–Trinajstić information content (AvgIpc) is 2.54. The molecule has 0 bridgehead atoms. The molecule has 0 saturated heterocycles. The first-order chi connectivity index (χ1) is 10.3. The summed E-state index contributed by atoms with van der Waals surface area (Å²) >= 11 is 0. The smallest absolute Gasteiger partial charge is 0.161 e. The van der Waals surface area contributed by atoms with E-state index in [0.29, 0.717) is 25.2 Å². The van der Waals surface area contributed by atoms with E-state index in [9.17, 15) is 4.39 Å². The minimum absolute atomic E-state index is 0.0257. The van der Waals surface area contributed by atoms with Crippen molar-refractivity contribution in [2.24, 2.45) is 0 Å². The predicted octanol–water partition coefficient (Wildman–Crippen LogP) is 3.10. The number of fused-ring (bicyclic) bond motifs is 1. The van der Waals surface area contributed by atoms with Gasteiger partial charge in [-0.2, -0.15) is 0 Å². The van der Waals surface area contributed by atoms with Crippen LogP contribution in [-0.2, 0) is 6.42 Å². The molecule has 0 spiro atoms. The Kier molecular flexibility index (Phi) is 4.06. The third-order valence-corrected chi connectivity index (χ3v) is 3.70. The lowest BCUT2D eigenvalue weighted by molar-refractivity contribution is 0.171. The Balaban J connectivity index is 1.85. The molecule has 1 unspecified atom stereocenters. The van der Waals surface area contributed by atoms with Gasteiger partial charge in [0.2, 0.25) is 0 Å². The Bertz CT molecular complexity index is 630. The van der Waals surface area contributed by atoms with Crippen LogP contribution >= 0.6 is 0 Å². The summed E-state index contributed by atoms with van der Waals surface area (Å²) in [4.78, 5) is 0. The summed E-state index contributed by atoms with van der Waals surface area (Å²) in [6, 6.07) is 12.8. The summed E-state index contributed by atoms with van der Waals surface area (Å²) in [6.07, 6.45) is 0.586. The fourth-order valence-electron chi connectivity index (χ4n) is 2.55. The quantitative estimate of drug-likeness (QED) is 0.937. The molecule has 1 N–H and O–H groups in total. The highest BCUT2D eigenvalue weighted by molar-refractivity contribution is 5.45. The van der Waals surface area contributed by atoms with Crippen LogP contribution in [0.5, 0.6) is 11.5 Å². The summed E-state index contributed by atoms with van der Waals surface area (Å²) in [7, 11) is 1.88. The molecule has 2 aromatic rings. The summed E-state index contributed by atoms with van der Waals surface area (Å²) in [6.45, 7) is 1.14. The van der Waals surface area contributed by atoms with Crippen molar-refractivity contribution in [3.63, 3.8) is 0 Å². The van der Waals surface area contributed by atoms with E-state index in [1.807, 2.05) is 37.4 Å². The summed E-state index contributed by atoms with van der Waals surface area (Å²) < 4.78 is 24.9. The molecular formula is C17H18FNO2. The van der Waals surface area contributed by atoms with E-state index < -0.39 is 0 Å². The molecule has 3 nitrogen and oxygen atoms in total. The van der Waals surface area contributed by atoms with Crippen molar-refractivity contribution in [3.05, 3.63) is 59.4 Å². The molecule has 1 atom stereocenters. The predicted molar refractivity (Wildman–Crippen MR) is 79.3 cm³/mol. The molecule has 0 aliphatic carbocycles.